The molecular weight excluding hydrogens is 146 g/mol. The van der Waals surface area contributed by atoms with Crippen molar-refractivity contribution in [1.82, 2.24) is 0 Å². The summed E-state index contributed by atoms with van der Waals surface area (Å²) < 4.78 is 0. The summed E-state index contributed by atoms with van der Waals surface area (Å²) in [5.41, 5.74) is 5.99. The van der Waals surface area contributed by atoms with Crippen molar-refractivity contribution in [2.24, 2.45) is 17.6 Å². The molecule has 2 aliphatic carbocycles. The summed E-state index contributed by atoms with van der Waals surface area (Å²) in [6.45, 7) is 0. The van der Waals surface area contributed by atoms with Crippen LogP contribution in [0.25, 0.3) is 0 Å². The molecule has 0 bridgehead atoms. The summed E-state index contributed by atoms with van der Waals surface area (Å²) in [5, 5.41) is 0. The molecule has 0 aromatic heterocycles. The Morgan fingerprint density at radius 3 is 2.33 bits per heavy atom. The number of hydrogen-bond acceptors (Lipinski definition) is 1. The van der Waals surface area contributed by atoms with Gasteiger partial charge in [0.25, 0.3) is 0 Å². The first-order valence-electron chi connectivity index (χ1n) is 5.62. The Kier molecular flexibility index (Phi) is 2.69. The van der Waals surface area contributed by atoms with Gasteiger partial charge in [-0.2, -0.15) is 0 Å². The van der Waals surface area contributed by atoms with Crippen molar-refractivity contribution in [3.05, 3.63) is 0 Å². The van der Waals surface area contributed by atoms with Gasteiger partial charge in [0.15, 0.2) is 0 Å². The topological polar surface area (TPSA) is 26.0 Å². The van der Waals surface area contributed by atoms with Crippen molar-refractivity contribution in [2.45, 2.75) is 57.4 Å². The van der Waals surface area contributed by atoms with E-state index in [1.807, 2.05) is 0 Å². The molecule has 0 spiro atoms. The van der Waals surface area contributed by atoms with Gasteiger partial charge < -0.3 is 5.73 Å². The molecule has 12 heavy (non-hydrogen) atoms. The first kappa shape index (κ1) is 8.55. The second-order valence-corrected chi connectivity index (χ2v) is 4.73. The van der Waals surface area contributed by atoms with Gasteiger partial charge in [-0.05, 0) is 31.1 Å². The third-order valence-corrected chi connectivity index (χ3v) is 3.83. The van der Waals surface area contributed by atoms with Crippen LogP contribution >= 0.6 is 0 Å². The molecule has 1 unspecified atom stereocenters. The maximum absolute atomic E-state index is 5.99. The molecule has 0 aromatic rings. The SMILES string of the molecule is NC1CC[C@@H]2CCCCC[C@@H]2C1. The third-order valence-electron chi connectivity index (χ3n) is 3.83. The highest BCUT2D eigenvalue weighted by atomic mass is 14.6. The van der Waals surface area contributed by atoms with Crippen molar-refractivity contribution in [3.8, 4) is 0 Å². The standard InChI is InChI=1S/C11H21N/c12-11-7-6-9-4-2-1-3-5-10(9)8-11/h9-11H,1-8,12H2/t9-,10+,11?/m0/s1. The lowest BCUT2D eigenvalue weighted by Gasteiger charge is -2.33. The Balaban J connectivity index is 1.94. The molecule has 2 saturated carbocycles. The first-order chi connectivity index (χ1) is 5.86. The zero-order valence-electron chi connectivity index (χ0n) is 7.97. The van der Waals surface area contributed by atoms with Crippen LogP contribution in [0.3, 0.4) is 0 Å². The Morgan fingerprint density at radius 1 is 0.750 bits per heavy atom. The van der Waals surface area contributed by atoms with E-state index in [1.54, 1.807) is 0 Å². The highest BCUT2D eigenvalue weighted by molar-refractivity contribution is 4.83. The fraction of sp³-hybridized carbons (Fsp3) is 1.00. The highest BCUT2D eigenvalue weighted by Gasteiger charge is 2.29. The van der Waals surface area contributed by atoms with Gasteiger partial charge in [-0.15, -0.1) is 0 Å². The molecule has 2 aliphatic rings. The molecule has 2 fully saturated rings. The van der Waals surface area contributed by atoms with E-state index in [-0.39, 0.29) is 0 Å². The zero-order valence-corrected chi connectivity index (χ0v) is 7.97. The quantitative estimate of drug-likeness (QED) is 0.590. The van der Waals surface area contributed by atoms with Gasteiger partial charge in [-0.3, -0.25) is 0 Å². The van der Waals surface area contributed by atoms with Crippen molar-refractivity contribution < 1.29 is 0 Å². The molecule has 0 saturated heterocycles. The molecule has 2 N–H and O–H groups in total. The Labute approximate surface area is 75.7 Å². The molecule has 70 valence electrons. The molecule has 0 radical (unpaired) electrons. The summed E-state index contributed by atoms with van der Waals surface area (Å²) in [5.74, 6) is 2.04. The van der Waals surface area contributed by atoms with Gasteiger partial charge in [0.2, 0.25) is 0 Å². The summed E-state index contributed by atoms with van der Waals surface area (Å²) in [7, 11) is 0. The van der Waals surface area contributed by atoms with E-state index in [9.17, 15) is 0 Å². The molecule has 2 rings (SSSR count). The highest BCUT2D eigenvalue weighted by Crippen LogP contribution is 2.38. The van der Waals surface area contributed by atoms with Crippen molar-refractivity contribution in [3.63, 3.8) is 0 Å². The minimum Gasteiger partial charge on any atom is -0.328 e. The normalized spacial score (nSPS) is 43.2. The van der Waals surface area contributed by atoms with Gasteiger partial charge in [0, 0.05) is 6.04 Å². The van der Waals surface area contributed by atoms with Crippen LogP contribution in [0.4, 0.5) is 0 Å². The van der Waals surface area contributed by atoms with Crippen LogP contribution in [0.2, 0.25) is 0 Å². The Bertz CT molecular complexity index is 144. The second-order valence-electron chi connectivity index (χ2n) is 4.73. The lowest BCUT2D eigenvalue weighted by Crippen LogP contribution is -2.32. The molecule has 0 heterocycles. The van der Waals surface area contributed by atoms with E-state index in [4.69, 9.17) is 5.73 Å². The summed E-state index contributed by atoms with van der Waals surface area (Å²) in [6, 6.07) is 0.532. The number of nitrogens with two attached hydrogens (primary N) is 1. The average Bonchev–Trinajstić information content (AvgIpc) is 2.28. The van der Waals surface area contributed by atoms with Crippen LogP contribution in [-0.2, 0) is 0 Å². The largest absolute Gasteiger partial charge is 0.328 e. The van der Waals surface area contributed by atoms with E-state index in [1.165, 1.54) is 51.4 Å². The first-order valence-corrected chi connectivity index (χ1v) is 5.62. The third kappa shape index (κ3) is 1.82. The molecule has 0 aliphatic heterocycles. The van der Waals surface area contributed by atoms with E-state index in [0.29, 0.717) is 6.04 Å². The molecular formula is C11H21N. The fourth-order valence-corrected chi connectivity index (χ4v) is 3.09. The predicted octanol–water partition coefficient (Wildman–Crippen LogP) is 2.69. The Morgan fingerprint density at radius 2 is 1.50 bits per heavy atom. The zero-order chi connectivity index (χ0) is 8.39. The van der Waals surface area contributed by atoms with E-state index < -0.39 is 0 Å². The molecule has 1 heteroatoms. The van der Waals surface area contributed by atoms with E-state index in [0.717, 1.165) is 11.8 Å². The van der Waals surface area contributed by atoms with Crippen molar-refractivity contribution in [1.29, 1.82) is 0 Å². The number of rotatable bonds is 0. The molecule has 1 nitrogen and oxygen atoms in total. The van der Waals surface area contributed by atoms with Gasteiger partial charge in [-0.25, -0.2) is 0 Å². The van der Waals surface area contributed by atoms with Crippen molar-refractivity contribution in [2.75, 3.05) is 0 Å². The minimum atomic E-state index is 0.532. The van der Waals surface area contributed by atoms with Crippen LogP contribution < -0.4 is 5.73 Å². The molecule has 0 amide bonds. The maximum Gasteiger partial charge on any atom is 0.00416 e. The summed E-state index contributed by atoms with van der Waals surface area (Å²) in [4.78, 5) is 0. The molecule has 0 aromatic carbocycles. The smallest absolute Gasteiger partial charge is 0.00416 e. The predicted molar refractivity (Wildman–Crippen MR) is 51.9 cm³/mol. The number of hydrogen-bond donors (Lipinski definition) is 1. The van der Waals surface area contributed by atoms with Gasteiger partial charge in [-0.1, -0.05) is 32.1 Å². The van der Waals surface area contributed by atoms with Crippen molar-refractivity contribution >= 4 is 0 Å². The number of fused-ring (bicyclic) bond motifs is 1. The fourth-order valence-electron chi connectivity index (χ4n) is 3.09. The lowest BCUT2D eigenvalue weighted by molar-refractivity contribution is 0.204. The van der Waals surface area contributed by atoms with Gasteiger partial charge >= 0.3 is 0 Å². The lowest BCUT2D eigenvalue weighted by atomic mass is 9.75. The second kappa shape index (κ2) is 3.78. The monoisotopic (exact) mass is 167 g/mol. The van der Waals surface area contributed by atoms with Crippen LogP contribution in [0, 0.1) is 11.8 Å². The van der Waals surface area contributed by atoms with E-state index >= 15 is 0 Å². The van der Waals surface area contributed by atoms with Crippen LogP contribution in [0.15, 0.2) is 0 Å². The summed E-state index contributed by atoms with van der Waals surface area (Å²) in [6.07, 6.45) is 11.4. The maximum atomic E-state index is 5.99. The van der Waals surface area contributed by atoms with Crippen LogP contribution in [0.1, 0.15) is 51.4 Å². The Hall–Kier alpha value is -0.0400. The molecule has 3 atom stereocenters. The van der Waals surface area contributed by atoms with Crippen LogP contribution in [0.5, 0.6) is 0 Å². The minimum absolute atomic E-state index is 0.532. The van der Waals surface area contributed by atoms with Gasteiger partial charge in [0.1, 0.15) is 0 Å². The van der Waals surface area contributed by atoms with E-state index in [2.05, 4.69) is 0 Å². The van der Waals surface area contributed by atoms with Gasteiger partial charge in [0.05, 0.1) is 0 Å². The summed E-state index contributed by atoms with van der Waals surface area (Å²) >= 11 is 0. The van der Waals surface area contributed by atoms with Crippen LogP contribution in [-0.4, -0.2) is 6.04 Å². The average molecular weight is 167 g/mol.